The van der Waals surface area contributed by atoms with Gasteiger partial charge in [-0.2, -0.15) is 0 Å². The highest BCUT2D eigenvalue weighted by atomic mass is 35.5. The summed E-state index contributed by atoms with van der Waals surface area (Å²) in [6.07, 6.45) is 5.55. The average molecular weight is 224 g/mol. The first-order valence-corrected chi connectivity index (χ1v) is 6.16. The van der Waals surface area contributed by atoms with Crippen molar-refractivity contribution in [1.29, 1.82) is 0 Å². The van der Waals surface area contributed by atoms with Gasteiger partial charge in [-0.05, 0) is 43.2 Å². The maximum Gasteiger partial charge on any atom is 0.0419 e. The Morgan fingerprint density at radius 1 is 1.47 bits per heavy atom. The fourth-order valence-electron chi connectivity index (χ4n) is 1.92. The van der Waals surface area contributed by atoms with E-state index in [-0.39, 0.29) is 5.38 Å². The molecule has 1 heterocycles. The molecule has 2 rings (SSSR count). The highest BCUT2D eigenvalue weighted by Crippen LogP contribution is 2.40. The molecule has 1 fully saturated rings. The predicted molar refractivity (Wildman–Crippen MR) is 64.2 cm³/mol. The van der Waals surface area contributed by atoms with E-state index in [0.29, 0.717) is 5.92 Å². The molecule has 0 aliphatic heterocycles. The fourth-order valence-corrected chi connectivity index (χ4v) is 2.29. The Bertz CT molecular complexity index is 316. The maximum absolute atomic E-state index is 6.40. The van der Waals surface area contributed by atoms with Gasteiger partial charge in [-0.1, -0.05) is 13.0 Å². The van der Waals surface area contributed by atoms with Gasteiger partial charge in [0.1, 0.15) is 0 Å². The van der Waals surface area contributed by atoms with Gasteiger partial charge in [0.05, 0.1) is 0 Å². The highest BCUT2D eigenvalue weighted by Gasteiger charge is 2.32. The van der Waals surface area contributed by atoms with E-state index in [4.69, 9.17) is 11.6 Å². The molecule has 82 valence electrons. The van der Waals surface area contributed by atoms with Crippen LogP contribution in [0.25, 0.3) is 0 Å². The molecule has 2 unspecified atom stereocenters. The summed E-state index contributed by atoms with van der Waals surface area (Å²) in [5, 5.41) is 0.243. The van der Waals surface area contributed by atoms with Gasteiger partial charge in [0.25, 0.3) is 0 Å². The molecule has 1 nitrogen and oxygen atoms in total. The van der Waals surface area contributed by atoms with Gasteiger partial charge in [0.15, 0.2) is 0 Å². The van der Waals surface area contributed by atoms with E-state index in [1.807, 2.05) is 6.20 Å². The summed E-state index contributed by atoms with van der Waals surface area (Å²) in [6.45, 7) is 4.32. The third-order valence-electron chi connectivity index (χ3n) is 3.31. The molecule has 1 aromatic rings. The van der Waals surface area contributed by atoms with Crippen molar-refractivity contribution in [3.8, 4) is 0 Å². The summed E-state index contributed by atoms with van der Waals surface area (Å²) in [4.78, 5) is 4.40. The van der Waals surface area contributed by atoms with E-state index in [9.17, 15) is 0 Å². The van der Waals surface area contributed by atoms with Gasteiger partial charge in [0.2, 0.25) is 0 Å². The van der Waals surface area contributed by atoms with Crippen LogP contribution < -0.4 is 0 Å². The van der Waals surface area contributed by atoms with E-state index in [1.54, 1.807) is 0 Å². The first-order chi connectivity index (χ1) is 7.16. The van der Waals surface area contributed by atoms with Crippen LogP contribution in [0.1, 0.15) is 31.0 Å². The second kappa shape index (κ2) is 4.52. The van der Waals surface area contributed by atoms with Crippen molar-refractivity contribution in [1.82, 2.24) is 4.98 Å². The molecule has 0 spiro atoms. The lowest BCUT2D eigenvalue weighted by Gasteiger charge is -2.16. The minimum atomic E-state index is 0.243. The summed E-state index contributed by atoms with van der Waals surface area (Å²) in [6, 6.07) is 4.19. The first kappa shape index (κ1) is 10.9. The third-order valence-corrected chi connectivity index (χ3v) is 3.86. The zero-order chi connectivity index (χ0) is 10.8. The van der Waals surface area contributed by atoms with E-state index >= 15 is 0 Å². The van der Waals surface area contributed by atoms with Crippen molar-refractivity contribution in [2.45, 2.75) is 38.5 Å². The molecule has 2 heteroatoms. The lowest BCUT2D eigenvalue weighted by Crippen LogP contribution is -2.16. The van der Waals surface area contributed by atoms with E-state index in [2.05, 4.69) is 31.0 Å². The van der Waals surface area contributed by atoms with E-state index < -0.39 is 0 Å². The van der Waals surface area contributed by atoms with Crippen molar-refractivity contribution in [3.05, 3.63) is 29.6 Å². The Hall–Kier alpha value is -0.560. The lowest BCUT2D eigenvalue weighted by molar-refractivity contribution is 0.476. The fraction of sp³-hybridized carbons (Fsp3) is 0.615. The number of aromatic nitrogens is 1. The first-order valence-electron chi connectivity index (χ1n) is 5.72. The number of halogens is 1. The smallest absolute Gasteiger partial charge is 0.0419 e. The number of pyridine rings is 1. The van der Waals surface area contributed by atoms with Crippen LogP contribution >= 0.6 is 11.6 Å². The number of alkyl halides is 1. The zero-order valence-corrected chi connectivity index (χ0v) is 10.2. The molecule has 0 amide bonds. The van der Waals surface area contributed by atoms with Gasteiger partial charge in [0, 0.05) is 23.7 Å². The molecule has 1 aliphatic rings. The molecule has 1 aromatic heterocycles. The van der Waals surface area contributed by atoms with Crippen LogP contribution in [0, 0.1) is 18.8 Å². The van der Waals surface area contributed by atoms with Gasteiger partial charge in [-0.3, -0.25) is 4.98 Å². The quantitative estimate of drug-likeness (QED) is 0.711. The Morgan fingerprint density at radius 3 is 2.73 bits per heavy atom. The Morgan fingerprint density at radius 2 is 2.20 bits per heavy atom. The van der Waals surface area contributed by atoms with Crippen LogP contribution in [-0.2, 0) is 6.42 Å². The van der Waals surface area contributed by atoms with E-state index in [0.717, 1.165) is 18.0 Å². The molecule has 0 aromatic carbocycles. The van der Waals surface area contributed by atoms with Crippen molar-refractivity contribution in [2.24, 2.45) is 11.8 Å². The SMILES string of the molecule is Cc1ccc(CC(Cl)C(C)C2CC2)nc1. The van der Waals surface area contributed by atoms with Crippen LogP contribution in [0.15, 0.2) is 18.3 Å². The topological polar surface area (TPSA) is 12.9 Å². The minimum Gasteiger partial charge on any atom is -0.261 e. The van der Waals surface area contributed by atoms with E-state index in [1.165, 1.54) is 18.4 Å². The zero-order valence-electron chi connectivity index (χ0n) is 9.41. The Balaban J connectivity index is 1.92. The van der Waals surface area contributed by atoms with Crippen LogP contribution in [0.2, 0.25) is 0 Å². The number of hydrogen-bond donors (Lipinski definition) is 0. The van der Waals surface area contributed by atoms with Crippen LogP contribution in [-0.4, -0.2) is 10.4 Å². The molecular formula is C13H18ClN. The molecule has 15 heavy (non-hydrogen) atoms. The van der Waals surface area contributed by atoms with Crippen molar-refractivity contribution >= 4 is 11.6 Å². The van der Waals surface area contributed by atoms with Gasteiger partial charge < -0.3 is 0 Å². The molecule has 0 saturated heterocycles. The largest absolute Gasteiger partial charge is 0.261 e. The highest BCUT2D eigenvalue weighted by molar-refractivity contribution is 6.20. The predicted octanol–water partition coefficient (Wildman–Crippen LogP) is 3.59. The number of nitrogens with zero attached hydrogens (tertiary/aromatic N) is 1. The second-order valence-corrected chi connectivity index (χ2v) is 5.30. The molecular weight excluding hydrogens is 206 g/mol. The van der Waals surface area contributed by atoms with Gasteiger partial charge in [-0.25, -0.2) is 0 Å². The van der Waals surface area contributed by atoms with Crippen molar-refractivity contribution in [2.75, 3.05) is 0 Å². The second-order valence-electron chi connectivity index (χ2n) is 4.74. The molecule has 2 atom stereocenters. The molecule has 0 bridgehead atoms. The average Bonchev–Trinajstić information content (AvgIpc) is 3.04. The summed E-state index contributed by atoms with van der Waals surface area (Å²) < 4.78 is 0. The monoisotopic (exact) mass is 223 g/mol. The van der Waals surface area contributed by atoms with Crippen LogP contribution in [0.4, 0.5) is 0 Å². The van der Waals surface area contributed by atoms with Crippen LogP contribution in [0.5, 0.6) is 0 Å². The summed E-state index contributed by atoms with van der Waals surface area (Å²) in [7, 11) is 0. The maximum atomic E-state index is 6.40. The summed E-state index contributed by atoms with van der Waals surface area (Å²) >= 11 is 6.40. The number of aryl methyl sites for hydroxylation is 1. The van der Waals surface area contributed by atoms with Gasteiger partial charge in [-0.15, -0.1) is 11.6 Å². The van der Waals surface area contributed by atoms with Gasteiger partial charge >= 0.3 is 0 Å². The molecule has 0 N–H and O–H groups in total. The van der Waals surface area contributed by atoms with Crippen LogP contribution in [0.3, 0.4) is 0 Å². The molecule has 1 saturated carbocycles. The third kappa shape index (κ3) is 2.94. The normalized spacial score (nSPS) is 19.9. The summed E-state index contributed by atoms with van der Waals surface area (Å²) in [5.41, 5.74) is 2.33. The molecule has 1 aliphatic carbocycles. The number of hydrogen-bond acceptors (Lipinski definition) is 1. The van der Waals surface area contributed by atoms with Crippen molar-refractivity contribution < 1.29 is 0 Å². The Labute approximate surface area is 96.9 Å². The molecule has 0 radical (unpaired) electrons. The summed E-state index contributed by atoms with van der Waals surface area (Å²) in [5.74, 6) is 1.51. The minimum absolute atomic E-state index is 0.243. The number of rotatable bonds is 4. The lowest BCUT2D eigenvalue weighted by atomic mass is 9.98. The van der Waals surface area contributed by atoms with Crippen molar-refractivity contribution in [3.63, 3.8) is 0 Å². The standard InChI is InChI=1S/C13H18ClN/c1-9-3-6-12(15-8-9)7-13(14)10(2)11-4-5-11/h3,6,8,10-11,13H,4-5,7H2,1-2H3. The Kier molecular flexibility index (Phi) is 3.30.